The van der Waals surface area contributed by atoms with E-state index in [4.69, 9.17) is 4.74 Å². The first-order valence-electron chi connectivity index (χ1n) is 10.5. The highest BCUT2D eigenvalue weighted by molar-refractivity contribution is 9.10. The summed E-state index contributed by atoms with van der Waals surface area (Å²) < 4.78 is 6.60. The van der Waals surface area contributed by atoms with Crippen LogP contribution in [0.25, 0.3) is 6.08 Å². The number of ether oxygens (including phenoxy) is 1. The lowest BCUT2D eigenvalue weighted by Gasteiger charge is -2.26. The van der Waals surface area contributed by atoms with Crippen molar-refractivity contribution >= 4 is 57.3 Å². The van der Waals surface area contributed by atoms with E-state index in [1.54, 1.807) is 60.3 Å². The van der Waals surface area contributed by atoms with Crippen molar-refractivity contribution in [1.82, 2.24) is 5.32 Å². The summed E-state index contributed by atoms with van der Waals surface area (Å²) in [5, 5.41) is 2.23. The number of aryl methyl sites for hydroxylation is 1. The predicted octanol–water partition coefficient (Wildman–Crippen LogP) is 5.60. The van der Waals surface area contributed by atoms with Gasteiger partial charge in [0.05, 0.1) is 12.3 Å². The normalized spacial score (nSPS) is 14.9. The van der Waals surface area contributed by atoms with Crippen LogP contribution in [0.2, 0.25) is 0 Å². The molecule has 0 unspecified atom stereocenters. The Balaban J connectivity index is 1.39. The van der Waals surface area contributed by atoms with Gasteiger partial charge in [-0.05, 0) is 67.1 Å². The number of nitrogens with one attached hydrogen (secondary N) is 1. The molecule has 0 spiro atoms. The molecule has 0 saturated carbocycles. The molecule has 34 heavy (non-hydrogen) atoms. The molecule has 0 bridgehead atoms. The van der Waals surface area contributed by atoms with Crippen molar-refractivity contribution < 1.29 is 19.1 Å². The second kappa shape index (κ2) is 10.7. The van der Waals surface area contributed by atoms with Gasteiger partial charge >= 0.3 is 6.03 Å². The van der Waals surface area contributed by atoms with Crippen molar-refractivity contribution in [2.45, 2.75) is 11.8 Å². The summed E-state index contributed by atoms with van der Waals surface area (Å²) in [7, 11) is 0. The number of thioether (sulfide) groups is 1. The number of rotatable bonds is 7. The number of urea groups is 1. The lowest BCUT2D eigenvalue weighted by atomic mass is 10.1. The van der Waals surface area contributed by atoms with Gasteiger partial charge in [-0.25, -0.2) is 9.69 Å². The van der Waals surface area contributed by atoms with Crippen LogP contribution in [-0.4, -0.2) is 30.2 Å². The number of nitrogens with zero attached hydrogens (tertiary/aromatic N) is 1. The number of hydrogen-bond acceptors (Lipinski definition) is 5. The zero-order valence-electron chi connectivity index (χ0n) is 18.3. The number of anilines is 1. The number of carbonyl (C=O) groups excluding carboxylic acids is 3. The molecule has 172 valence electrons. The molecule has 3 aromatic rings. The Morgan fingerprint density at radius 3 is 2.29 bits per heavy atom. The summed E-state index contributed by atoms with van der Waals surface area (Å²) in [5.41, 5.74) is 2.13. The molecule has 0 atom stereocenters. The molecule has 1 aliphatic rings. The third kappa shape index (κ3) is 5.76. The Morgan fingerprint density at radius 2 is 1.62 bits per heavy atom. The third-order valence-corrected chi connectivity index (χ3v) is 6.52. The lowest BCUT2D eigenvalue weighted by Crippen LogP contribution is -2.54. The second-order valence-corrected chi connectivity index (χ2v) is 9.60. The maximum Gasteiger partial charge on any atom is 0.335 e. The van der Waals surface area contributed by atoms with Gasteiger partial charge in [-0.3, -0.25) is 14.9 Å². The fourth-order valence-corrected chi connectivity index (χ4v) is 4.26. The molecule has 1 saturated heterocycles. The molecule has 6 nitrogen and oxygen atoms in total. The van der Waals surface area contributed by atoms with Crippen molar-refractivity contribution in [3.05, 3.63) is 94.0 Å². The van der Waals surface area contributed by atoms with Crippen LogP contribution in [0.15, 0.2) is 87.7 Å². The number of carbonyl (C=O) groups is 3. The largest absolute Gasteiger partial charge is 0.493 e. The number of barbiturate groups is 1. The van der Waals surface area contributed by atoms with Gasteiger partial charge in [0.1, 0.15) is 11.3 Å². The van der Waals surface area contributed by atoms with Crippen LogP contribution in [0, 0.1) is 6.92 Å². The van der Waals surface area contributed by atoms with Gasteiger partial charge in [-0.2, -0.15) is 0 Å². The Kier molecular flexibility index (Phi) is 7.49. The van der Waals surface area contributed by atoms with E-state index in [2.05, 4.69) is 52.4 Å². The van der Waals surface area contributed by atoms with Gasteiger partial charge in [0, 0.05) is 15.1 Å². The number of amides is 4. The monoisotopic (exact) mass is 536 g/mol. The predicted molar refractivity (Wildman–Crippen MR) is 137 cm³/mol. The minimum atomic E-state index is -0.776. The molecule has 0 radical (unpaired) electrons. The first-order chi connectivity index (χ1) is 16.4. The summed E-state index contributed by atoms with van der Waals surface area (Å²) >= 11 is 5.05. The molecule has 1 N–H and O–H groups in total. The fourth-order valence-electron chi connectivity index (χ4n) is 3.26. The maximum atomic E-state index is 13.0. The Hall–Kier alpha value is -3.36. The van der Waals surface area contributed by atoms with E-state index in [1.807, 2.05) is 0 Å². The number of benzene rings is 3. The molecule has 8 heteroatoms. The molecule has 1 fully saturated rings. The SMILES string of the molecule is Cc1ccc(SCCOc2ccc(/C=C3/C(=O)NC(=O)N(c4ccc(Br)cc4)C3=O)cc2)cc1. The average Bonchev–Trinajstić information content (AvgIpc) is 2.82. The van der Waals surface area contributed by atoms with Crippen molar-refractivity contribution in [3.8, 4) is 5.75 Å². The van der Waals surface area contributed by atoms with Crippen LogP contribution in [0.5, 0.6) is 5.75 Å². The smallest absolute Gasteiger partial charge is 0.335 e. The van der Waals surface area contributed by atoms with Gasteiger partial charge in [-0.15, -0.1) is 11.8 Å². The van der Waals surface area contributed by atoms with Crippen LogP contribution >= 0.6 is 27.7 Å². The summed E-state index contributed by atoms with van der Waals surface area (Å²) in [5.74, 6) is 0.0998. The van der Waals surface area contributed by atoms with Gasteiger partial charge in [-0.1, -0.05) is 45.8 Å². The zero-order valence-corrected chi connectivity index (χ0v) is 20.7. The van der Waals surface area contributed by atoms with E-state index < -0.39 is 17.8 Å². The minimum Gasteiger partial charge on any atom is -0.493 e. The summed E-state index contributed by atoms with van der Waals surface area (Å²) in [6.07, 6.45) is 1.47. The molecular formula is C26H21BrN2O4S. The summed E-state index contributed by atoms with van der Waals surface area (Å²) in [4.78, 5) is 39.7. The number of hydrogen-bond donors (Lipinski definition) is 1. The highest BCUT2D eigenvalue weighted by Gasteiger charge is 2.36. The van der Waals surface area contributed by atoms with E-state index in [0.29, 0.717) is 23.6 Å². The highest BCUT2D eigenvalue weighted by atomic mass is 79.9. The van der Waals surface area contributed by atoms with Gasteiger partial charge in [0.25, 0.3) is 11.8 Å². The molecule has 4 amide bonds. The van der Waals surface area contributed by atoms with Crippen molar-refractivity contribution in [3.63, 3.8) is 0 Å². The van der Waals surface area contributed by atoms with Crippen LogP contribution in [0.1, 0.15) is 11.1 Å². The third-order valence-electron chi connectivity index (χ3n) is 5.02. The topological polar surface area (TPSA) is 75.7 Å². The quantitative estimate of drug-likeness (QED) is 0.184. The highest BCUT2D eigenvalue weighted by Crippen LogP contribution is 2.24. The molecule has 4 rings (SSSR count). The first-order valence-corrected chi connectivity index (χ1v) is 12.3. The first kappa shape index (κ1) is 23.8. The average molecular weight is 537 g/mol. The van der Waals surface area contributed by atoms with Crippen molar-refractivity contribution in [1.29, 1.82) is 0 Å². The Morgan fingerprint density at radius 1 is 0.941 bits per heavy atom. The van der Waals surface area contributed by atoms with E-state index in [-0.39, 0.29) is 5.57 Å². The standard InChI is InChI=1S/C26H21BrN2O4S/c1-17-2-12-22(13-3-17)34-15-14-33-21-10-4-18(5-11-21)16-23-24(30)28-26(32)29(25(23)31)20-8-6-19(27)7-9-20/h2-13,16H,14-15H2,1H3,(H,28,30,32)/b23-16-. The van der Waals surface area contributed by atoms with E-state index in [0.717, 1.165) is 15.1 Å². The Labute approximate surface area is 210 Å². The fraction of sp³-hybridized carbons (Fsp3) is 0.115. The van der Waals surface area contributed by atoms with Gasteiger partial charge < -0.3 is 4.74 Å². The Bertz CT molecular complexity index is 1240. The van der Waals surface area contributed by atoms with Crippen molar-refractivity contribution in [2.75, 3.05) is 17.3 Å². The zero-order chi connectivity index (χ0) is 24.1. The van der Waals surface area contributed by atoms with Crippen molar-refractivity contribution in [2.24, 2.45) is 0 Å². The molecule has 0 aliphatic carbocycles. The van der Waals surface area contributed by atoms with Crippen LogP contribution in [-0.2, 0) is 9.59 Å². The van der Waals surface area contributed by atoms with Crippen LogP contribution < -0.4 is 15.0 Å². The van der Waals surface area contributed by atoms with Crippen LogP contribution in [0.3, 0.4) is 0 Å². The van der Waals surface area contributed by atoms with E-state index >= 15 is 0 Å². The van der Waals surface area contributed by atoms with E-state index in [9.17, 15) is 14.4 Å². The van der Waals surface area contributed by atoms with Crippen LogP contribution in [0.4, 0.5) is 10.5 Å². The lowest BCUT2D eigenvalue weighted by molar-refractivity contribution is -0.122. The van der Waals surface area contributed by atoms with E-state index in [1.165, 1.54) is 16.5 Å². The summed E-state index contributed by atoms with van der Waals surface area (Å²) in [6, 6.07) is 21.3. The van der Waals surface area contributed by atoms with Gasteiger partial charge in [0.15, 0.2) is 0 Å². The molecule has 0 aromatic heterocycles. The summed E-state index contributed by atoms with van der Waals surface area (Å²) in [6.45, 7) is 2.61. The number of halogens is 1. The molecule has 3 aromatic carbocycles. The molecule has 1 heterocycles. The molecular weight excluding hydrogens is 516 g/mol. The minimum absolute atomic E-state index is 0.120. The maximum absolute atomic E-state index is 13.0. The van der Waals surface area contributed by atoms with Gasteiger partial charge in [0.2, 0.25) is 0 Å². The number of imide groups is 2. The molecule has 1 aliphatic heterocycles. The second-order valence-electron chi connectivity index (χ2n) is 7.51.